The van der Waals surface area contributed by atoms with Crippen LogP contribution in [0.15, 0.2) is 52.3 Å². The second kappa shape index (κ2) is 13.0. The van der Waals surface area contributed by atoms with Gasteiger partial charge in [0.05, 0.1) is 39.0 Å². The summed E-state index contributed by atoms with van der Waals surface area (Å²) >= 11 is 7.10. The van der Waals surface area contributed by atoms with Crippen LogP contribution < -0.4 is 4.90 Å². The number of aromatic nitrogens is 1. The van der Waals surface area contributed by atoms with Crippen molar-refractivity contribution in [1.29, 1.82) is 0 Å². The molecular formula is C24H29Cl2N3O6S3. The van der Waals surface area contributed by atoms with Crippen molar-refractivity contribution in [2.45, 2.75) is 22.6 Å². The first-order valence-corrected chi connectivity index (χ1v) is 16.5. The molecule has 14 heteroatoms. The zero-order chi connectivity index (χ0) is 26.6. The molecule has 1 amide bonds. The van der Waals surface area contributed by atoms with Crippen molar-refractivity contribution >= 4 is 76.3 Å². The predicted molar refractivity (Wildman–Crippen MR) is 152 cm³/mol. The fourth-order valence-electron chi connectivity index (χ4n) is 3.94. The van der Waals surface area contributed by atoms with E-state index in [1.165, 1.54) is 41.7 Å². The molecule has 1 saturated heterocycles. The van der Waals surface area contributed by atoms with Crippen molar-refractivity contribution < 1.29 is 26.4 Å². The lowest BCUT2D eigenvalue weighted by Gasteiger charge is -2.29. The topological polar surface area (TPSA) is 114 Å². The van der Waals surface area contributed by atoms with E-state index in [1.54, 1.807) is 17.0 Å². The number of thiazole rings is 1. The molecule has 3 aromatic rings. The van der Waals surface area contributed by atoms with E-state index >= 15 is 0 Å². The normalized spacial score (nSPS) is 14.8. The van der Waals surface area contributed by atoms with Crippen LogP contribution in [0.4, 0.5) is 5.13 Å². The highest BCUT2D eigenvalue weighted by Crippen LogP contribution is 2.31. The van der Waals surface area contributed by atoms with Crippen LogP contribution in [0.1, 0.15) is 12.8 Å². The molecular weight excluding hydrogens is 593 g/mol. The largest absolute Gasteiger partial charge is 0.379 e. The zero-order valence-electron chi connectivity index (χ0n) is 20.7. The van der Waals surface area contributed by atoms with Crippen LogP contribution in [0.3, 0.4) is 0 Å². The number of carbonyl (C=O) groups excluding carboxylic acids is 1. The van der Waals surface area contributed by atoms with Gasteiger partial charge in [-0.15, -0.1) is 12.4 Å². The van der Waals surface area contributed by atoms with Gasteiger partial charge in [0.2, 0.25) is 5.91 Å². The Hall–Kier alpha value is -1.80. The summed E-state index contributed by atoms with van der Waals surface area (Å²) in [6.07, 6.45) is 1.33. The molecule has 0 saturated carbocycles. The number of amides is 1. The molecule has 0 radical (unpaired) electrons. The average Bonchev–Trinajstić information content (AvgIpc) is 3.27. The minimum Gasteiger partial charge on any atom is -0.379 e. The number of fused-ring (bicyclic) bond motifs is 1. The highest BCUT2D eigenvalue weighted by atomic mass is 35.5. The molecule has 0 spiro atoms. The van der Waals surface area contributed by atoms with Gasteiger partial charge in [-0.1, -0.05) is 22.9 Å². The van der Waals surface area contributed by atoms with Crippen molar-refractivity contribution in [3.8, 4) is 0 Å². The number of morpholine rings is 1. The number of sulfone groups is 2. The Kier molecular flexibility index (Phi) is 10.5. The first-order valence-electron chi connectivity index (χ1n) is 11.7. The number of halogens is 2. The third kappa shape index (κ3) is 7.87. The molecule has 1 aromatic heterocycles. The standard InChI is InChI=1S/C24H28ClN3O6S3.ClH/c1-36(30,31)20-8-9-21-22(17-20)35-24(26-21)28(11-10-27-12-14-34-15-13-27)23(29)3-2-16-37(32,33)19-6-4-18(25)5-7-19;/h4-9,17H,2-3,10-16H2,1H3;1H. The molecule has 4 rings (SSSR count). The van der Waals surface area contributed by atoms with Gasteiger partial charge in [0, 0.05) is 43.9 Å². The molecule has 1 aliphatic heterocycles. The monoisotopic (exact) mass is 621 g/mol. The lowest BCUT2D eigenvalue weighted by Crippen LogP contribution is -2.43. The number of rotatable bonds is 10. The summed E-state index contributed by atoms with van der Waals surface area (Å²) in [4.78, 5) is 22.0. The summed E-state index contributed by atoms with van der Waals surface area (Å²) in [5, 5.41) is 0.906. The average molecular weight is 623 g/mol. The van der Waals surface area contributed by atoms with Gasteiger partial charge in [0.25, 0.3) is 0 Å². The van der Waals surface area contributed by atoms with E-state index in [1.807, 2.05) is 0 Å². The van der Waals surface area contributed by atoms with Crippen molar-refractivity contribution in [2.24, 2.45) is 0 Å². The number of hydrogen-bond donors (Lipinski definition) is 0. The van der Waals surface area contributed by atoms with E-state index in [2.05, 4.69) is 9.88 Å². The van der Waals surface area contributed by atoms with Crippen LogP contribution in [0.5, 0.6) is 0 Å². The van der Waals surface area contributed by atoms with Gasteiger partial charge in [-0.3, -0.25) is 14.6 Å². The van der Waals surface area contributed by atoms with Crippen molar-refractivity contribution in [1.82, 2.24) is 9.88 Å². The molecule has 0 unspecified atom stereocenters. The highest BCUT2D eigenvalue weighted by molar-refractivity contribution is 7.91. The Bertz CT molecular complexity index is 1470. The van der Waals surface area contributed by atoms with Gasteiger partial charge in [-0.25, -0.2) is 21.8 Å². The van der Waals surface area contributed by atoms with Gasteiger partial charge in [0.15, 0.2) is 24.8 Å². The van der Waals surface area contributed by atoms with E-state index in [-0.39, 0.29) is 46.7 Å². The van der Waals surface area contributed by atoms with E-state index in [0.29, 0.717) is 46.7 Å². The van der Waals surface area contributed by atoms with Gasteiger partial charge in [-0.2, -0.15) is 0 Å². The quantitative estimate of drug-likeness (QED) is 0.337. The van der Waals surface area contributed by atoms with Gasteiger partial charge in [-0.05, 0) is 48.9 Å². The first kappa shape index (κ1) is 30.7. The van der Waals surface area contributed by atoms with Crippen molar-refractivity contribution in [3.63, 3.8) is 0 Å². The van der Waals surface area contributed by atoms with Crippen molar-refractivity contribution in [2.75, 3.05) is 56.3 Å². The fraction of sp³-hybridized carbons (Fsp3) is 0.417. The van der Waals surface area contributed by atoms with Gasteiger partial charge in [0.1, 0.15) is 0 Å². The van der Waals surface area contributed by atoms with Crippen LogP contribution in [-0.2, 0) is 29.2 Å². The van der Waals surface area contributed by atoms with E-state index in [9.17, 15) is 21.6 Å². The lowest BCUT2D eigenvalue weighted by atomic mass is 10.3. The number of hydrogen-bond acceptors (Lipinski definition) is 9. The van der Waals surface area contributed by atoms with Gasteiger partial charge < -0.3 is 4.74 Å². The van der Waals surface area contributed by atoms with Crippen molar-refractivity contribution in [3.05, 3.63) is 47.5 Å². The highest BCUT2D eigenvalue weighted by Gasteiger charge is 2.23. The maximum absolute atomic E-state index is 13.3. The predicted octanol–water partition coefficient (Wildman–Crippen LogP) is 3.69. The minimum atomic E-state index is -3.55. The Morgan fingerprint density at radius 2 is 1.74 bits per heavy atom. The Balaban J connectivity index is 0.00000400. The van der Waals surface area contributed by atoms with E-state index in [0.717, 1.165) is 19.3 Å². The first-order chi connectivity index (χ1) is 17.5. The molecule has 0 aliphatic carbocycles. The second-order valence-corrected chi connectivity index (χ2v) is 14.3. The third-order valence-corrected chi connectivity index (χ3v) is 10.2. The summed E-state index contributed by atoms with van der Waals surface area (Å²) in [5.41, 5.74) is 0.599. The molecule has 1 fully saturated rings. The summed E-state index contributed by atoms with van der Waals surface area (Å²) < 4.78 is 55.4. The van der Waals surface area contributed by atoms with Crippen LogP contribution in [0.25, 0.3) is 10.2 Å². The Morgan fingerprint density at radius 3 is 2.39 bits per heavy atom. The molecule has 1 aliphatic rings. The number of carbonyl (C=O) groups is 1. The van der Waals surface area contributed by atoms with Crippen LogP contribution in [-0.4, -0.2) is 84.0 Å². The summed E-state index contributed by atoms with van der Waals surface area (Å²) in [6, 6.07) is 10.7. The van der Waals surface area contributed by atoms with Gasteiger partial charge >= 0.3 is 0 Å². The van der Waals surface area contributed by atoms with E-state index in [4.69, 9.17) is 16.3 Å². The van der Waals surface area contributed by atoms with Crippen LogP contribution in [0, 0.1) is 0 Å². The number of nitrogens with zero attached hydrogens (tertiary/aromatic N) is 3. The zero-order valence-corrected chi connectivity index (χ0v) is 24.7. The van der Waals surface area contributed by atoms with E-state index < -0.39 is 19.7 Å². The molecule has 2 heterocycles. The molecule has 2 aromatic carbocycles. The Labute approximate surface area is 238 Å². The SMILES string of the molecule is CS(=O)(=O)c1ccc2nc(N(CCN3CCOCC3)C(=O)CCCS(=O)(=O)c3ccc(Cl)cc3)sc2c1.Cl. The number of anilines is 1. The molecule has 0 atom stereocenters. The smallest absolute Gasteiger partial charge is 0.228 e. The Morgan fingerprint density at radius 1 is 1.08 bits per heavy atom. The molecule has 0 bridgehead atoms. The summed E-state index contributed by atoms with van der Waals surface area (Å²) in [5.74, 6) is -0.406. The summed E-state index contributed by atoms with van der Waals surface area (Å²) in [6.45, 7) is 3.78. The number of benzene rings is 2. The molecule has 208 valence electrons. The third-order valence-electron chi connectivity index (χ3n) is 6.03. The molecule has 38 heavy (non-hydrogen) atoms. The molecule has 9 nitrogen and oxygen atoms in total. The minimum absolute atomic E-state index is 0. The van der Waals surface area contributed by atoms with Crippen LogP contribution in [0.2, 0.25) is 5.02 Å². The lowest BCUT2D eigenvalue weighted by molar-refractivity contribution is -0.118. The summed E-state index contributed by atoms with van der Waals surface area (Å²) in [7, 11) is -6.94. The molecule has 0 N–H and O–H groups in total. The van der Waals surface area contributed by atoms with Crippen LogP contribution >= 0.6 is 35.3 Å². The second-order valence-electron chi connectivity index (χ2n) is 8.77. The maximum Gasteiger partial charge on any atom is 0.228 e. The fourth-order valence-corrected chi connectivity index (χ4v) is 7.15. The number of ether oxygens (including phenoxy) is 1. The maximum atomic E-state index is 13.3.